The number of ketones is 1. The van der Waals surface area contributed by atoms with Crippen LogP contribution in [0, 0.1) is 11.7 Å². The third kappa shape index (κ3) is 2.71. The number of nitrogens with one attached hydrogen (secondary N) is 1. The van der Waals surface area contributed by atoms with Crippen molar-refractivity contribution in [2.75, 3.05) is 7.11 Å². The molecule has 98 valence electrons. The maximum Gasteiger partial charge on any atom is 0.197 e. The second kappa shape index (κ2) is 5.32. The van der Waals surface area contributed by atoms with Crippen molar-refractivity contribution in [3.05, 3.63) is 40.3 Å². The SMILES string of the molecule is COc1ccc(-c2nc(=S)[nH]c(C)c2C(C)=O)cc1. The van der Waals surface area contributed by atoms with E-state index in [2.05, 4.69) is 9.97 Å². The Kier molecular flexibility index (Phi) is 3.76. The van der Waals surface area contributed by atoms with E-state index in [9.17, 15) is 4.79 Å². The van der Waals surface area contributed by atoms with Crippen LogP contribution in [-0.4, -0.2) is 22.9 Å². The zero-order chi connectivity index (χ0) is 14.0. The number of aryl methyl sites for hydroxylation is 1. The van der Waals surface area contributed by atoms with Crippen LogP contribution in [0.3, 0.4) is 0 Å². The Bertz CT molecular complexity index is 675. The van der Waals surface area contributed by atoms with E-state index in [1.54, 1.807) is 7.11 Å². The fourth-order valence-electron chi connectivity index (χ4n) is 1.97. The van der Waals surface area contributed by atoms with Crippen LogP contribution in [0.5, 0.6) is 5.75 Å². The van der Waals surface area contributed by atoms with Gasteiger partial charge in [-0.25, -0.2) is 4.98 Å². The lowest BCUT2D eigenvalue weighted by atomic mass is 10.0. The van der Waals surface area contributed by atoms with Crippen molar-refractivity contribution in [3.8, 4) is 17.0 Å². The lowest BCUT2D eigenvalue weighted by molar-refractivity contribution is 0.101. The van der Waals surface area contributed by atoms with E-state index in [4.69, 9.17) is 17.0 Å². The van der Waals surface area contributed by atoms with E-state index in [0.29, 0.717) is 16.0 Å². The first-order chi connectivity index (χ1) is 9.02. The minimum absolute atomic E-state index is 0.0398. The van der Waals surface area contributed by atoms with E-state index in [1.165, 1.54) is 6.92 Å². The Morgan fingerprint density at radius 1 is 1.32 bits per heavy atom. The van der Waals surface area contributed by atoms with Crippen LogP contribution in [-0.2, 0) is 0 Å². The second-order valence-electron chi connectivity index (χ2n) is 4.18. The summed E-state index contributed by atoms with van der Waals surface area (Å²) >= 11 is 5.08. The molecule has 5 heteroatoms. The second-order valence-corrected chi connectivity index (χ2v) is 4.56. The molecule has 0 aliphatic rings. The minimum atomic E-state index is -0.0398. The first-order valence-corrected chi connectivity index (χ1v) is 6.20. The van der Waals surface area contributed by atoms with Gasteiger partial charge in [0, 0.05) is 11.3 Å². The highest BCUT2D eigenvalue weighted by Gasteiger charge is 2.14. The van der Waals surface area contributed by atoms with Crippen molar-refractivity contribution in [1.29, 1.82) is 0 Å². The van der Waals surface area contributed by atoms with E-state index in [1.807, 2.05) is 31.2 Å². The minimum Gasteiger partial charge on any atom is -0.497 e. The van der Waals surface area contributed by atoms with Gasteiger partial charge in [0.25, 0.3) is 0 Å². The number of carbonyl (C=O) groups is 1. The highest BCUT2D eigenvalue weighted by molar-refractivity contribution is 7.71. The molecular weight excluding hydrogens is 260 g/mol. The molecular formula is C14H14N2O2S. The van der Waals surface area contributed by atoms with Gasteiger partial charge >= 0.3 is 0 Å². The molecule has 0 atom stereocenters. The number of aromatic amines is 1. The summed E-state index contributed by atoms with van der Waals surface area (Å²) in [6.45, 7) is 3.34. The zero-order valence-corrected chi connectivity index (χ0v) is 11.8. The van der Waals surface area contributed by atoms with Crippen molar-refractivity contribution in [3.63, 3.8) is 0 Å². The number of benzene rings is 1. The topological polar surface area (TPSA) is 55.0 Å². The molecule has 0 amide bonds. The number of Topliss-reactive ketones (excluding diaryl/α,β-unsaturated/α-hetero) is 1. The Morgan fingerprint density at radius 2 is 1.95 bits per heavy atom. The predicted octanol–water partition coefficient (Wildman–Crippen LogP) is 3.33. The molecule has 0 aliphatic heterocycles. The van der Waals surface area contributed by atoms with Gasteiger partial charge in [-0.3, -0.25) is 4.79 Å². The van der Waals surface area contributed by atoms with Crippen molar-refractivity contribution < 1.29 is 9.53 Å². The number of rotatable bonds is 3. The summed E-state index contributed by atoms with van der Waals surface area (Å²) in [6, 6.07) is 7.38. The van der Waals surface area contributed by atoms with Crippen LogP contribution < -0.4 is 4.74 Å². The molecule has 19 heavy (non-hydrogen) atoms. The average Bonchev–Trinajstić information content (AvgIpc) is 2.37. The molecule has 0 spiro atoms. The van der Waals surface area contributed by atoms with E-state index < -0.39 is 0 Å². The number of nitrogens with zero attached hydrogens (tertiary/aromatic N) is 1. The quantitative estimate of drug-likeness (QED) is 0.689. The van der Waals surface area contributed by atoms with Crippen molar-refractivity contribution in [2.24, 2.45) is 0 Å². The average molecular weight is 274 g/mol. The molecule has 2 aromatic rings. The molecule has 1 N–H and O–H groups in total. The van der Waals surface area contributed by atoms with Gasteiger partial charge in [0.15, 0.2) is 10.6 Å². The van der Waals surface area contributed by atoms with Gasteiger partial charge in [-0.15, -0.1) is 0 Å². The van der Waals surface area contributed by atoms with Gasteiger partial charge < -0.3 is 9.72 Å². The number of hydrogen-bond donors (Lipinski definition) is 1. The van der Waals surface area contributed by atoms with E-state index in [0.717, 1.165) is 17.0 Å². The number of methoxy groups -OCH3 is 1. The monoisotopic (exact) mass is 274 g/mol. The molecule has 0 aliphatic carbocycles. The summed E-state index contributed by atoms with van der Waals surface area (Å²) < 4.78 is 5.48. The summed E-state index contributed by atoms with van der Waals surface area (Å²) in [7, 11) is 1.61. The summed E-state index contributed by atoms with van der Waals surface area (Å²) in [5, 5.41) is 0. The van der Waals surface area contributed by atoms with Gasteiger partial charge in [0.2, 0.25) is 0 Å². The molecule has 1 aromatic carbocycles. The number of hydrogen-bond acceptors (Lipinski definition) is 4. The van der Waals surface area contributed by atoms with Crippen LogP contribution in [0.15, 0.2) is 24.3 Å². The number of carbonyl (C=O) groups excluding carboxylic acids is 1. The lowest BCUT2D eigenvalue weighted by Crippen LogP contribution is -2.05. The Labute approximate surface area is 116 Å². The van der Waals surface area contributed by atoms with Gasteiger partial charge in [0.1, 0.15) is 5.75 Å². The predicted molar refractivity (Wildman–Crippen MR) is 76.2 cm³/mol. The fourth-order valence-corrected chi connectivity index (χ4v) is 2.22. The summed E-state index contributed by atoms with van der Waals surface area (Å²) in [5.74, 6) is 0.716. The van der Waals surface area contributed by atoms with Gasteiger partial charge in [-0.2, -0.15) is 0 Å². The molecule has 1 heterocycles. The molecule has 1 aromatic heterocycles. The molecule has 4 nitrogen and oxygen atoms in total. The Morgan fingerprint density at radius 3 is 2.47 bits per heavy atom. The molecule has 2 rings (SSSR count). The number of H-pyrrole nitrogens is 1. The van der Waals surface area contributed by atoms with Crippen LogP contribution in [0.25, 0.3) is 11.3 Å². The Hall–Kier alpha value is -2.01. The van der Waals surface area contributed by atoms with E-state index in [-0.39, 0.29) is 5.78 Å². The van der Waals surface area contributed by atoms with Crippen LogP contribution >= 0.6 is 12.2 Å². The molecule has 0 saturated heterocycles. The molecule has 0 saturated carbocycles. The van der Waals surface area contributed by atoms with Gasteiger partial charge in [-0.05, 0) is 50.3 Å². The highest BCUT2D eigenvalue weighted by Crippen LogP contribution is 2.25. The van der Waals surface area contributed by atoms with Gasteiger partial charge in [0.05, 0.1) is 18.4 Å². The maximum absolute atomic E-state index is 11.8. The van der Waals surface area contributed by atoms with Gasteiger partial charge in [-0.1, -0.05) is 0 Å². The van der Waals surface area contributed by atoms with Crippen molar-refractivity contribution in [2.45, 2.75) is 13.8 Å². The van der Waals surface area contributed by atoms with Crippen LogP contribution in [0.4, 0.5) is 0 Å². The smallest absolute Gasteiger partial charge is 0.197 e. The third-order valence-electron chi connectivity index (χ3n) is 2.84. The Balaban J connectivity index is 2.66. The number of ether oxygens (including phenoxy) is 1. The molecule has 0 fully saturated rings. The summed E-state index contributed by atoms with van der Waals surface area (Å²) in [6.07, 6.45) is 0. The largest absolute Gasteiger partial charge is 0.497 e. The van der Waals surface area contributed by atoms with E-state index >= 15 is 0 Å². The summed E-state index contributed by atoms with van der Waals surface area (Å²) in [5.41, 5.74) is 2.75. The summed E-state index contributed by atoms with van der Waals surface area (Å²) in [4.78, 5) is 19.0. The molecule has 0 bridgehead atoms. The van der Waals surface area contributed by atoms with Crippen molar-refractivity contribution >= 4 is 18.0 Å². The first-order valence-electron chi connectivity index (χ1n) is 5.79. The van der Waals surface area contributed by atoms with Crippen LogP contribution in [0.1, 0.15) is 23.0 Å². The zero-order valence-electron chi connectivity index (χ0n) is 11.0. The number of aromatic nitrogens is 2. The normalized spacial score (nSPS) is 10.3. The molecule has 0 radical (unpaired) electrons. The maximum atomic E-state index is 11.8. The van der Waals surface area contributed by atoms with Crippen molar-refractivity contribution in [1.82, 2.24) is 9.97 Å². The fraction of sp³-hybridized carbons (Fsp3) is 0.214. The standard InChI is InChI=1S/C14H14N2O2S/c1-8-12(9(2)17)13(16-14(19)15-8)10-4-6-11(18-3)7-5-10/h4-7H,1-3H3,(H,15,16,19). The van der Waals surface area contributed by atoms with Crippen LogP contribution in [0.2, 0.25) is 0 Å². The highest BCUT2D eigenvalue weighted by atomic mass is 32.1. The first kappa shape index (κ1) is 13.4. The molecule has 0 unspecified atom stereocenters. The third-order valence-corrected chi connectivity index (χ3v) is 3.03. The lowest BCUT2D eigenvalue weighted by Gasteiger charge is -2.09.